The van der Waals surface area contributed by atoms with Gasteiger partial charge in [0.2, 0.25) is 10.9 Å². The number of carbonyl (C=O) groups excluding carboxylic acids is 2. The Bertz CT molecular complexity index is 963. The molecule has 0 atom stereocenters. The Hall–Kier alpha value is -2.91. The molecule has 2 aromatic carbocycles. The van der Waals surface area contributed by atoms with E-state index >= 15 is 0 Å². The van der Waals surface area contributed by atoms with E-state index in [1.54, 1.807) is 19.2 Å². The number of rotatable bonds is 9. The van der Waals surface area contributed by atoms with Crippen molar-refractivity contribution >= 4 is 40.6 Å². The highest BCUT2D eigenvalue weighted by molar-refractivity contribution is 7.99. The summed E-state index contributed by atoms with van der Waals surface area (Å²) in [5.74, 6) is 1.22. The van der Waals surface area contributed by atoms with Crippen molar-refractivity contribution < 1.29 is 14.3 Å². The van der Waals surface area contributed by atoms with E-state index in [0.717, 1.165) is 11.3 Å². The molecule has 0 bridgehead atoms. The zero-order valence-electron chi connectivity index (χ0n) is 15.8. The van der Waals surface area contributed by atoms with Crippen LogP contribution in [0.15, 0.2) is 54.6 Å². The number of methoxy groups -OCH3 is 1. The van der Waals surface area contributed by atoms with E-state index in [0.29, 0.717) is 33.8 Å². The topological polar surface area (TPSA) is 93.2 Å². The van der Waals surface area contributed by atoms with Gasteiger partial charge in [-0.25, -0.2) is 0 Å². The number of anilines is 1. The van der Waals surface area contributed by atoms with Crippen LogP contribution in [0.5, 0.6) is 5.75 Å². The molecule has 29 heavy (non-hydrogen) atoms. The maximum atomic E-state index is 12.2. The molecule has 1 heterocycles. The second-order valence-corrected chi connectivity index (χ2v) is 7.99. The van der Waals surface area contributed by atoms with Crippen molar-refractivity contribution in [3.8, 4) is 5.75 Å². The largest absolute Gasteiger partial charge is 0.497 e. The Morgan fingerprint density at radius 3 is 2.72 bits per heavy atom. The van der Waals surface area contributed by atoms with Gasteiger partial charge in [-0.15, -0.1) is 22.0 Å². The van der Waals surface area contributed by atoms with E-state index in [4.69, 9.17) is 4.74 Å². The number of nitrogens with zero attached hydrogens (tertiary/aromatic N) is 2. The fraction of sp³-hybridized carbons (Fsp3) is 0.200. The van der Waals surface area contributed by atoms with Gasteiger partial charge in [0.25, 0.3) is 5.91 Å². The number of carbonyl (C=O) groups is 2. The van der Waals surface area contributed by atoms with Crippen molar-refractivity contribution in [3.05, 3.63) is 70.2 Å². The van der Waals surface area contributed by atoms with Crippen molar-refractivity contribution in [2.75, 3.05) is 18.2 Å². The lowest BCUT2D eigenvalue weighted by Crippen LogP contribution is -2.24. The first-order valence-electron chi connectivity index (χ1n) is 8.80. The lowest BCUT2D eigenvalue weighted by Gasteiger charge is -2.06. The first-order chi connectivity index (χ1) is 14.1. The molecule has 0 aliphatic rings. The smallest absolute Gasteiger partial charge is 0.286 e. The molecule has 2 amide bonds. The van der Waals surface area contributed by atoms with Crippen molar-refractivity contribution in [2.45, 2.75) is 12.3 Å². The van der Waals surface area contributed by atoms with Gasteiger partial charge in [0.05, 0.1) is 12.9 Å². The number of nitrogens with one attached hydrogen (secondary N) is 2. The normalized spacial score (nSPS) is 10.4. The zero-order chi connectivity index (χ0) is 20.5. The molecule has 0 aliphatic carbocycles. The van der Waals surface area contributed by atoms with Gasteiger partial charge in [0.1, 0.15) is 10.8 Å². The lowest BCUT2D eigenvalue weighted by atomic mass is 10.2. The van der Waals surface area contributed by atoms with Gasteiger partial charge in [-0.2, -0.15) is 0 Å². The molecule has 3 rings (SSSR count). The molecule has 9 heteroatoms. The van der Waals surface area contributed by atoms with E-state index in [9.17, 15) is 9.59 Å². The van der Waals surface area contributed by atoms with Crippen molar-refractivity contribution in [3.63, 3.8) is 0 Å². The SMILES string of the molecule is COc1cccc(CNC(=O)CSCc2nnc(C(=O)Nc3ccccc3)s2)c1. The van der Waals surface area contributed by atoms with Crippen LogP contribution in [0, 0.1) is 0 Å². The molecule has 3 aromatic rings. The van der Waals surface area contributed by atoms with E-state index in [1.165, 1.54) is 23.1 Å². The Morgan fingerprint density at radius 2 is 1.93 bits per heavy atom. The average molecular weight is 429 g/mol. The molecule has 0 saturated heterocycles. The van der Waals surface area contributed by atoms with Crippen LogP contribution in [0.1, 0.15) is 20.4 Å². The zero-order valence-corrected chi connectivity index (χ0v) is 17.4. The minimum atomic E-state index is -0.291. The highest BCUT2D eigenvalue weighted by Crippen LogP contribution is 2.18. The first-order valence-corrected chi connectivity index (χ1v) is 10.8. The van der Waals surface area contributed by atoms with Gasteiger partial charge in [-0.3, -0.25) is 9.59 Å². The predicted octanol–water partition coefficient (Wildman–Crippen LogP) is 3.35. The minimum Gasteiger partial charge on any atom is -0.497 e. The Kier molecular flexibility index (Phi) is 7.60. The number of aromatic nitrogens is 2. The molecule has 7 nitrogen and oxygen atoms in total. The summed E-state index contributed by atoms with van der Waals surface area (Å²) < 4.78 is 5.17. The maximum Gasteiger partial charge on any atom is 0.286 e. The molecule has 0 saturated carbocycles. The summed E-state index contributed by atoms with van der Waals surface area (Å²) in [6.45, 7) is 0.444. The Balaban J connectivity index is 1.40. The molecule has 2 N–H and O–H groups in total. The number of benzene rings is 2. The second kappa shape index (κ2) is 10.6. The average Bonchev–Trinajstić information content (AvgIpc) is 3.22. The monoisotopic (exact) mass is 428 g/mol. The second-order valence-electron chi connectivity index (χ2n) is 5.94. The number of thioether (sulfide) groups is 1. The molecule has 1 aromatic heterocycles. The lowest BCUT2D eigenvalue weighted by molar-refractivity contribution is -0.118. The summed E-state index contributed by atoms with van der Waals surface area (Å²) in [7, 11) is 1.61. The molecule has 0 unspecified atom stereocenters. The van der Waals surface area contributed by atoms with Crippen LogP contribution in [-0.2, 0) is 17.1 Å². The van der Waals surface area contributed by atoms with Crippen molar-refractivity contribution in [1.29, 1.82) is 0 Å². The van der Waals surface area contributed by atoms with Crippen LogP contribution in [0.2, 0.25) is 0 Å². The van der Waals surface area contributed by atoms with Crippen LogP contribution in [-0.4, -0.2) is 34.9 Å². The number of ether oxygens (including phenoxy) is 1. The summed E-state index contributed by atoms with van der Waals surface area (Å²) >= 11 is 2.65. The van der Waals surface area contributed by atoms with E-state index < -0.39 is 0 Å². The van der Waals surface area contributed by atoms with Crippen LogP contribution in [0.25, 0.3) is 0 Å². The third-order valence-electron chi connectivity index (χ3n) is 3.78. The van der Waals surface area contributed by atoms with Gasteiger partial charge in [0, 0.05) is 18.0 Å². The molecule has 0 aliphatic heterocycles. The van der Waals surface area contributed by atoms with E-state index in [1.807, 2.05) is 42.5 Å². The molecule has 0 spiro atoms. The van der Waals surface area contributed by atoms with E-state index in [2.05, 4.69) is 20.8 Å². The van der Waals surface area contributed by atoms with Crippen molar-refractivity contribution in [2.24, 2.45) is 0 Å². The van der Waals surface area contributed by atoms with Gasteiger partial charge in [0.15, 0.2) is 0 Å². The Morgan fingerprint density at radius 1 is 1.10 bits per heavy atom. The number of hydrogen-bond donors (Lipinski definition) is 2. The highest BCUT2D eigenvalue weighted by Gasteiger charge is 2.13. The van der Waals surface area contributed by atoms with Crippen molar-refractivity contribution in [1.82, 2.24) is 15.5 Å². The summed E-state index contributed by atoms with van der Waals surface area (Å²) in [6.07, 6.45) is 0. The molecular weight excluding hydrogens is 408 g/mol. The fourth-order valence-electron chi connectivity index (χ4n) is 2.37. The van der Waals surface area contributed by atoms with Crippen LogP contribution < -0.4 is 15.4 Å². The van der Waals surface area contributed by atoms with Gasteiger partial charge < -0.3 is 15.4 Å². The molecule has 0 radical (unpaired) electrons. The molecule has 0 fully saturated rings. The third-order valence-corrected chi connectivity index (χ3v) is 5.82. The van der Waals surface area contributed by atoms with Gasteiger partial charge >= 0.3 is 0 Å². The molecule has 150 valence electrons. The number of para-hydroxylation sites is 1. The number of amides is 2. The van der Waals surface area contributed by atoms with Gasteiger partial charge in [-0.05, 0) is 29.8 Å². The standard InChI is InChI=1S/C20H20N4O3S2/c1-27-16-9-5-6-14(10-16)11-21-17(25)12-28-13-18-23-24-20(29-18)19(26)22-15-7-3-2-4-8-15/h2-10H,11-13H2,1H3,(H,21,25)(H,22,26). The van der Waals surface area contributed by atoms with Crippen LogP contribution in [0.4, 0.5) is 5.69 Å². The van der Waals surface area contributed by atoms with Crippen LogP contribution >= 0.6 is 23.1 Å². The summed E-state index contributed by atoms with van der Waals surface area (Å²) in [5.41, 5.74) is 1.68. The fourth-order valence-corrected chi connectivity index (χ4v) is 4.01. The Labute approximate surface area is 176 Å². The quantitative estimate of drug-likeness (QED) is 0.543. The predicted molar refractivity (Wildman–Crippen MR) is 115 cm³/mol. The van der Waals surface area contributed by atoms with E-state index in [-0.39, 0.29) is 11.8 Å². The maximum absolute atomic E-state index is 12.2. The van der Waals surface area contributed by atoms with Crippen LogP contribution in [0.3, 0.4) is 0 Å². The summed E-state index contributed by atoms with van der Waals surface area (Å²) in [6, 6.07) is 16.7. The highest BCUT2D eigenvalue weighted by atomic mass is 32.2. The molecular formula is C20H20N4O3S2. The summed E-state index contributed by atoms with van der Waals surface area (Å²) in [4.78, 5) is 24.2. The number of hydrogen-bond acceptors (Lipinski definition) is 7. The third kappa shape index (κ3) is 6.58. The summed E-state index contributed by atoms with van der Waals surface area (Å²) in [5, 5.41) is 14.6. The first kappa shape index (κ1) is 20.8. The minimum absolute atomic E-state index is 0.0654. The van der Waals surface area contributed by atoms with Gasteiger partial charge in [-0.1, -0.05) is 41.7 Å².